The Morgan fingerprint density at radius 3 is 2.62 bits per heavy atom. The predicted octanol–water partition coefficient (Wildman–Crippen LogP) is 3.45. The highest BCUT2D eigenvalue weighted by Gasteiger charge is 2.06. The van der Waals surface area contributed by atoms with E-state index < -0.39 is 0 Å². The molecule has 4 nitrogen and oxygen atoms in total. The molecule has 2 heterocycles. The monoisotopic (exact) mass is 280 g/mol. The molecular weight excluding hydrogens is 260 g/mol. The summed E-state index contributed by atoms with van der Waals surface area (Å²) in [5.74, 6) is 0. The van der Waals surface area contributed by atoms with Gasteiger partial charge in [0, 0.05) is 30.9 Å². The number of benzene rings is 1. The molecule has 108 valence electrons. The molecule has 2 aromatic heterocycles. The molecule has 3 rings (SSSR count). The molecule has 21 heavy (non-hydrogen) atoms. The van der Waals surface area contributed by atoms with Gasteiger partial charge in [0.1, 0.15) is 0 Å². The zero-order valence-corrected chi connectivity index (χ0v) is 12.7. The molecule has 1 aromatic carbocycles. The Hall–Kier alpha value is -2.36. The van der Waals surface area contributed by atoms with Gasteiger partial charge in [-0.2, -0.15) is 5.10 Å². The minimum Gasteiger partial charge on any atom is -0.381 e. The van der Waals surface area contributed by atoms with Crippen LogP contribution in [-0.4, -0.2) is 14.8 Å². The third-order valence-electron chi connectivity index (χ3n) is 3.78. The molecule has 0 unspecified atom stereocenters. The van der Waals surface area contributed by atoms with Gasteiger partial charge in [0.25, 0.3) is 0 Å². The minimum absolute atomic E-state index is 0.767. The number of aromatic nitrogens is 3. The largest absolute Gasteiger partial charge is 0.381 e. The van der Waals surface area contributed by atoms with Crippen molar-refractivity contribution in [3.63, 3.8) is 0 Å². The summed E-state index contributed by atoms with van der Waals surface area (Å²) < 4.78 is 1.82. The normalized spacial score (nSPS) is 11.0. The van der Waals surface area contributed by atoms with Gasteiger partial charge in [0.2, 0.25) is 0 Å². The fraction of sp³-hybridized carbons (Fsp3) is 0.294. The molecule has 0 aliphatic rings. The highest BCUT2D eigenvalue weighted by Crippen LogP contribution is 2.17. The number of anilines is 1. The SMILES string of the molecule is CCc1ccc(NCc2cnc3c(c2)c(C)nn3C)cc1. The fourth-order valence-electron chi connectivity index (χ4n) is 2.51. The highest BCUT2D eigenvalue weighted by molar-refractivity contribution is 5.78. The van der Waals surface area contributed by atoms with E-state index in [-0.39, 0.29) is 0 Å². The second-order valence-corrected chi connectivity index (χ2v) is 5.33. The summed E-state index contributed by atoms with van der Waals surface area (Å²) in [6, 6.07) is 10.7. The van der Waals surface area contributed by atoms with E-state index >= 15 is 0 Å². The van der Waals surface area contributed by atoms with E-state index in [4.69, 9.17) is 0 Å². The minimum atomic E-state index is 0.767. The van der Waals surface area contributed by atoms with Gasteiger partial charge < -0.3 is 5.32 Å². The van der Waals surface area contributed by atoms with Crippen LogP contribution in [0.15, 0.2) is 36.5 Å². The van der Waals surface area contributed by atoms with E-state index in [0.717, 1.165) is 40.9 Å². The number of aryl methyl sites for hydroxylation is 3. The Morgan fingerprint density at radius 1 is 1.14 bits per heavy atom. The van der Waals surface area contributed by atoms with E-state index in [9.17, 15) is 0 Å². The lowest BCUT2D eigenvalue weighted by Crippen LogP contribution is -2.00. The van der Waals surface area contributed by atoms with E-state index in [0.29, 0.717) is 0 Å². The maximum Gasteiger partial charge on any atom is 0.157 e. The van der Waals surface area contributed by atoms with Crippen LogP contribution in [0, 0.1) is 6.92 Å². The number of rotatable bonds is 4. The van der Waals surface area contributed by atoms with Gasteiger partial charge in [-0.25, -0.2) is 4.98 Å². The molecule has 0 fully saturated rings. The van der Waals surface area contributed by atoms with Crippen molar-refractivity contribution in [1.29, 1.82) is 0 Å². The van der Waals surface area contributed by atoms with Crippen LogP contribution in [0.5, 0.6) is 0 Å². The molecule has 0 bridgehead atoms. The number of pyridine rings is 1. The van der Waals surface area contributed by atoms with Gasteiger partial charge in [-0.1, -0.05) is 19.1 Å². The van der Waals surface area contributed by atoms with Gasteiger partial charge in [0.05, 0.1) is 5.69 Å². The van der Waals surface area contributed by atoms with Gasteiger partial charge in [-0.05, 0) is 42.7 Å². The van der Waals surface area contributed by atoms with Crippen LogP contribution >= 0.6 is 0 Å². The molecule has 0 aliphatic carbocycles. The van der Waals surface area contributed by atoms with E-state index in [1.54, 1.807) is 0 Å². The number of hydrogen-bond acceptors (Lipinski definition) is 3. The molecule has 1 N–H and O–H groups in total. The Kier molecular flexibility index (Phi) is 3.60. The summed E-state index contributed by atoms with van der Waals surface area (Å²) >= 11 is 0. The van der Waals surface area contributed by atoms with Crippen molar-refractivity contribution < 1.29 is 0 Å². The van der Waals surface area contributed by atoms with Gasteiger partial charge in [-0.3, -0.25) is 4.68 Å². The third kappa shape index (κ3) is 2.75. The van der Waals surface area contributed by atoms with Crippen molar-refractivity contribution >= 4 is 16.7 Å². The molecule has 3 aromatic rings. The summed E-state index contributed by atoms with van der Waals surface area (Å²) in [5.41, 5.74) is 5.61. The number of hydrogen-bond donors (Lipinski definition) is 1. The Balaban J connectivity index is 1.76. The van der Waals surface area contributed by atoms with Crippen LogP contribution in [0.1, 0.15) is 23.7 Å². The lowest BCUT2D eigenvalue weighted by atomic mass is 10.1. The lowest BCUT2D eigenvalue weighted by Gasteiger charge is -2.07. The average molecular weight is 280 g/mol. The second kappa shape index (κ2) is 5.56. The van der Waals surface area contributed by atoms with Gasteiger partial charge >= 0.3 is 0 Å². The van der Waals surface area contributed by atoms with Crippen molar-refractivity contribution in [3.8, 4) is 0 Å². The average Bonchev–Trinajstić information content (AvgIpc) is 2.80. The van der Waals surface area contributed by atoms with E-state index in [1.807, 2.05) is 24.9 Å². The van der Waals surface area contributed by atoms with Crippen LogP contribution in [0.4, 0.5) is 5.69 Å². The van der Waals surface area contributed by atoms with E-state index in [1.165, 1.54) is 5.56 Å². The van der Waals surface area contributed by atoms with Crippen molar-refractivity contribution in [2.75, 3.05) is 5.32 Å². The molecule has 0 atom stereocenters. The Morgan fingerprint density at radius 2 is 1.90 bits per heavy atom. The molecule has 0 saturated heterocycles. The summed E-state index contributed by atoms with van der Waals surface area (Å²) in [4.78, 5) is 4.50. The van der Waals surface area contributed by atoms with Crippen molar-refractivity contribution in [1.82, 2.24) is 14.8 Å². The lowest BCUT2D eigenvalue weighted by molar-refractivity contribution is 0.773. The Labute approximate surface area is 124 Å². The quantitative estimate of drug-likeness (QED) is 0.796. The molecule has 0 amide bonds. The van der Waals surface area contributed by atoms with Gasteiger partial charge in [0.15, 0.2) is 5.65 Å². The number of nitrogens with one attached hydrogen (secondary N) is 1. The van der Waals surface area contributed by atoms with Crippen LogP contribution < -0.4 is 5.32 Å². The summed E-state index contributed by atoms with van der Waals surface area (Å²) in [5, 5.41) is 8.96. The molecule has 0 saturated carbocycles. The first-order valence-electron chi connectivity index (χ1n) is 7.28. The van der Waals surface area contributed by atoms with E-state index in [2.05, 4.69) is 52.7 Å². The summed E-state index contributed by atoms with van der Waals surface area (Å²) in [7, 11) is 1.93. The van der Waals surface area contributed by atoms with Crippen molar-refractivity contribution in [2.24, 2.45) is 7.05 Å². The number of nitrogens with zero attached hydrogens (tertiary/aromatic N) is 3. The second-order valence-electron chi connectivity index (χ2n) is 5.33. The van der Waals surface area contributed by atoms with Crippen LogP contribution in [0.2, 0.25) is 0 Å². The maximum atomic E-state index is 4.50. The predicted molar refractivity (Wildman–Crippen MR) is 86.4 cm³/mol. The van der Waals surface area contributed by atoms with Crippen LogP contribution in [0.3, 0.4) is 0 Å². The third-order valence-corrected chi connectivity index (χ3v) is 3.78. The first-order valence-corrected chi connectivity index (χ1v) is 7.28. The summed E-state index contributed by atoms with van der Waals surface area (Å²) in [6.45, 7) is 4.95. The zero-order chi connectivity index (χ0) is 14.8. The topological polar surface area (TPSA) is 42.7 Å². The molecule has 0 spiro atoms. The molecule has 4 heteroatoms. The van der Waals surface area contributed by atoms with Gasteiger partial charge in [-0.15, -0.1) is 0 Å². The maximum absolute atomic E-state index is 4.50. The molecule has 0 aliphatic heterocycles. The molecule has 0 radical (unpaired) electrons. The highest BCUT2D eigenvalue weighted by atomic mass is 15.3. The zero-order valence-electron chi connectivity index (χ0n) is 12.7. The Bertz CT molecular complexity index is 756. The fourth-order valence-corrected chi connectivity index (χ4v) is 2.51. The summed E-state index contributed by atoms with van der Waals surface area (Å²) in [6.07, 6.45) is 2.98. The smallest absolute Gasteiger partial charge is 0.157 e. The van der Waals surface area contributed by atoms with Crippen LogP contribution in [-0.2, 0) is 20.0 Å². The molecular formula is C17H20N4. The standard InChI is InChI=1S/C17H20N4/c1-4-13-5-7-15(8-6-13)18-10-14-9-16-12(2)20-21(3)17(16)19-11-14/h5-9,11,18H,4,10H2,1-3H3. The number of fused-ring (bicyclic) bond motifs is 1. The first kappa shape index (κ1) is 13.6. The van der Waals surface area contributed by atoms with Crippen molar-refractivity contribution in [2.45, 2.75) is 26.8 Å². The van der Waals surface area contributed by atoms with Crippen LogP contribution in [0.25, 0.3) is 11.0 Å². The van der Waals surface area contributed by atoms with Crippen molar-refractivity contribution in [3.05, 3.63) is 53.3 Å². The first-order chi connectivity index (χ1) is 10.2.